The lowest BCUT2D eigenvalue weighted by atomic mass is 10.2. The highest BCUT2D eigenvalue weighted by Crippen LogP contribution is 2.34. The van der Waals surface area contributed by atoms with Crippen LogP contribution in [0.2, 0.25) is 5.15 Å². The molecule has 0 unspecified atom stereocenters. The number of hydrogen-bond donors (Lipinski definition) is 0. The van der Waals surface area contributed by atoms with Crippen molar-refractivity contribution >= 4 is 22.5 Å². The zero-order valence-electron chi connectivity index (χ0n) is 8.47. The van der Waals surface area contributed by atoms with Crippen molar-refractivity contribution in [2.24, 2.45) is 7.05 Å². The molecule has 1 aromatic heterocycles. The van der Waals surface area contributed by atoms with Crippen LogP contribution in [0.25, 0.3) is 10.9 Å². The van der Waals surface area contributed by atoms with Gasteiger partial charge in [0.15, 0.2) is 0 Å². The zero-order chi connectivity index (χ0) is 10.3. The zero-order valence-corrected chi connectivity index (χ0v) is 9.22. The van der Waals surface area contributed by atoms with E-state index in [0.717, 1.165) is 27.4 Å². The predicted octanol–water partition coefficient (Wildman–Crippen LogP) is 3.15. The van der Waals surface area contributed by atoms with Crippen LogP contribution < -0.4 is 4.74 Å². The first-order chi connectivity index (χ1) is 6.66. The second kappa shape index (κ2) is 3.21. The van der Waals surface area contributed by atoms with Crippen molar-refractivity contribution in [2.75, 3.05) is 7.11 Å². The first-order valence-electron chi connectivity index (χ1n) is 4.44. The molecule has 0 spiro atoms. The molecule has 0 fully saturated rings. The molecule has 2 aromatic rings. The third-order valence-electron chi connectivity index (χ3n) is 2.56. The Kier molecular flexibility index (Phi) is 2.16. The van der Waals surface area contributed by atoms with Crippen LogP contribution in [-0.2, 0) is 7.05 Å². The van der Waals surface area contributed by atoms with Crippen molar-refractivity contribution in [3.8, 4) is 5.75 Å². The quantitative estimate of drug-likeness (QED) is 0.704. The fourth-order valence-electron chi connectivity index (χ4n) is 1.81. The molecular formula is C11H12ClNO. The molecule has 0 saturated heterocycles. The van der Waals surface area contributed by atoms with Crippen LogP contribution in [0.3, 0.4) is 0 Å². The molecule has 0 radical (unpaired) electrons. The smallest absolute Gasteiger partial charge is 0.128 e. The van der Waals surface area contributed by atoms with E-state index in [1.807, 2.05) is 36.7 Å². The van der Waals surface area contributed by atoms with Crippen LogP contribution in [-0.4, -0.2) is 11.7 Å². The average molecular weight is 210 g/mol. The average Bonchev–Trinajstić information content (AvgIpc) is 2.44. The fraction of sp³-hybridized carbons (Fsp3) is 0.273. The Morgan fingerprint density at radius 3 is 2.71 bits per heavy atom. The van der Waals surface area contributed by atoms with Gasteiger partial charge in [-0.25, -0.2) is 0 Å². The van der Waals surface area contributed by atoms with Gasteiger partial charge < -0.3 is 9.30 Å². The van der Waals surface area contributed by atoms with Crippen molar-refractivity contribution in [3.05, 3.63) is 28.9 Å². The summed E-state index contributed by atoms with van der Waals surface area (Å²) in [5.41, 5.74) is 2.17. The topological polar surface area (TPSA) is 14.2 Å². The van der Waals surface area contributed by atoms with Gasteiger partial charge in [-0.3, -0.25) is 0 Å². The summed E-state index contributed by atoms with van der Waals surface area (Å²) in [6, 6.07) is 5.96. The first kappa shape index (κ1) is 9.41. The number of aromatic nitrogens is 1. The van der Waals surface area contributed by atoms with Crippen molar-refractivity contribution in [1.82, 2.24) is 4.57 Å². The van der Waals surface area contributed by atoms with Gasteiger partial charge in [0.2, 0.25) is 0 Å². The van der Waals surface area contributed by atoms with E-state index in [9.17, 15) is 0 Å². The van der Waals surface area contributed by atoms with Gasteiger partial charge in [0.1, 0.15) is 10.9 Å². The van der Waals surface area contributed by atoms with E-state index in [0.29, 0.717) is 0 Å². The molecule has 2 rings (SSSR count). The molecule has 0 amide bonds. The highest BCUT2D eigenvalue weighted by atomic mass is 35.5. The molecule has 3 heteroatoms. The molecule has 0 aliphatic rings. The largest absolute Gasteiger partial charge is 0.496 e. The summed E-state index contributed by atoms with van der Waals surface area (Å²) in [6.07, 6.45) is 0. The fourth-order valence-corrected chi connectivity index (χ4v) is 1.99. The maximum absolute atomic E-state index is 6.16. The Bertz CT molecular complexity index is 487. The minimum atomic E-state index is 0.768. The molecule has 0 N–H and O–H groups in total. The van der Waals surface area contributed by atoms with E-state index in [4.69, 9.17) is 16.3 Å². The third kappa shape index (κ3) is 1.11. The molecule has 74 valence electrons. The number of ether oxygens (including phenoxy) is 1. The molecule has 0 bridgehead atoms. The van der Waals surface area contributed by atoms with E-state index in [-0.39, 0.29) is 0 Å². The standard InChI is InChI=1S/C11H12ClNO/c1-7-10-8(13(2)11(7)12)5-4-6-9(10)14-3/h4-6H,1-3H3. The maximum Gasteiger partial charge on any atom is 0.128 e. The van der Waals surface area contributed by atoms with Crippen LogP contribution in [0.5, 0.6) is 5.75 Å². The minimum Gasteiger partial charge on any atom is -0.496 e. The highest BCUT2D eigenvalue weighted by molar-refractivity contribution is 6.32. The Morgan fingerprint density at radius 2 is 2.07 bits per heavy atom. The lowest BCUT2D eigenvalue weighted by Gasteiger charge is -2.02. The number of nitrogens with zero attached hydrogens (tertiary/aromatic N) is 1. The van der Waals surface area contributed by atoms with Crippen molar-refractivity contribution in [1.29, 1.82) is 0 Å². The molecule has 1 aromatic carbocycles. The van der Waals surface area contributed by atoms with Gasteiger partial charge in [-0.1, -0.05) is 17.7 Å². The van der Waals surface area contributed by atoms with E-state index < -0.39 is 0 Å². The van der Waals surface area contributed by atoms with E-state index in [2.05, 4.69) is 0 Å². The SMILES string of the molecule is COc1cccc2c1c(C)c(Cl)n2C. The van der Waals surface area contributed by atoms with Gasteiger partial charge in [-0.2, -0.15) is 0 Å². The van der Waals surface area contributed by atoms with Gasteiger partial charge in [0, 0.05) is 12.4 Å². The number of rotatable bonds is 1. The molecular weight excluding hydrogens is 198 g/mol. The highest BCUT2D eigenvalue weighted by Gasteiger charge is 2.12. The monoisotopic (exact) mass is 209 g/mol. The summed E-state index contributed by atoms with van der Waals surface area (Å²) in [6.45, 7) is 2.01. The molecule has 14 heavy (non-hydrogen) atoms. The Morgan fingerprint density at radius 1 is 1.36 bits per heavy atom. The summed E-state index contributed by atoms with van der Waals surface area (Å²) in [5, 5.41) is 1.87. The van der Waals surface area contributed by atoms with Crippen LogP contribution in [0.15, 0.2) is 18.2 Å². The molecule has 0 saturated carbocycles. The van der Waals surface area contributed by atoms with Crippen LogP contribution >= 0.6 is 11.6 Å². The summed E-state index contributed by atoms with van der Waals surface area (Å²) in [7, 11) is 3.63. The lowest BCUT2D eigenvalue weighted by molar-refractivity contribution is 0.419. The summed E-state index contributed by atoms with van der Waals surface area (Å²) in [5.74, 6) is 0.877. The number of hydrogen-bond acceptors (Lipinski definition) is 1. The molecule has 0 aliphatic heterocycles. The summed E-state index contributed by atoms with van der Waals surface area (Å²) in [4.78, 5) is 0. The van der Waals surface area contributed by atoms with Gasteiger partial charge in [-0.05, 0) is 24.6 Å². The molecule has 1 heterocycles. The summed E-state index contributed by atoms with van der Waals surface area (Å²) >= 11 is 6.16. The van der Waals surface area contributed by atoms with E-state index in [1.54, 1.807) is 7.11 Å². The van der Waals surface area contributed by atoms with Crippen LogP contribution in [0.1, 0.15) is 5.56 Å². The van der Waals surface area contributed by atoms with Gasteiger partial charge in [0.05, 0.1) is 12.6 Å². The maximum atomic E-state index is 6.16. The Labute approximate surface area is 88.0 Å². The molecule has 0 aliphatic carbocycles. The van der Waals surface area contributed by atoms with Crippen molar-refractivity contribution < 1.29 is 4.74 Å². The molecule has 2 nitrogen and oxygen atoms in total. The number of aryl methyl sites for hydroxylation is 2. The third-order valence-corrected chi connectivity index (χ3v) is 3.10. The number of fused-ring (bicyclic) bond motifs is 1. The van der Waals surface area contributed by atoms with Crippen LogP contribution in [0.4, 0.5) is 0 Å². The second-order valence-electron chi connectivity index (χ2n) is 3.33. The van der Waals surface area contributed by atoms with Crippen molar-refractivity contribution in [2.45, 2.75) is 6.92 Å². The summed E-state index contributed by atoms with van der Waals surface area (Å²) < 4.78 is 7.27. The predicted molar refractivity (Wildman–Crippen MR) is 59.2 cm³/mol. The van der Waals surface area contributed by atoms with Crippen LogP contribution in [0, 0.1) is 6.92 Å². The lowest BCUT2D eigenvalue weighted by Crippen LogP contribution is -1.87. The van der Waals surface area contributed by atoms with Crippen molar-refractivity contribution in [3.63, 3.8) is 0 Å². The second-order valence-corrected chi connectivity index (χ2v) is 3.69. The molecule has 0 atom stereocenters. The van der Waals surface area contributed by atoms with Gasteiger partial charge >= 0.3 is 0 Å². The van der Waals surface area contributed by atoms with E-state index in [1.165, 1.54) is 0 Å². The number of halogens is 1. The minimum absolute atomic E-state index is 0.768. The Hall–Kier alpha value is -1.15. The van der Waals surface area contributed by atoms with Gasteiger partial charge in [-0.15, -0.1) is 0 Å². The Balaban J connectivity index is 2.94. The van der Waals surface area contributed by atoms with Gasteiger partial charge in [0.25, 0.3) is 0 Å². The number of benzene rings is 1. The number of methoxy groups -OCH3 is 1. The first-order valence-corrected chi connectivity index (χ1v) is 4.82. The van der Waals surface area contributed by atoms with E-state index >= 15 is 0 Å². The normalized spacial score (nSPS) is 10.9.